The molecular formula is C23H37N5O3. The Labute approximate surface area is 186 Å². The first-order valence-electron chi connectivity index (χ1n) is 11.2. The number of nitrogens with one attached hydrogen (secondary N) is 2. The van der Waals surface area contributed by atoms with Gasteiger partial charge in [0.2, 0.25) is 0 Å². The third kappa shape index (κ3) is 7.70. The van der Waals surface area contributed by atoms with Crippen LogP contribution in [0.15, 0.2) is 29.3 Å². The zero-order chi connectivity index (χ0) is 22.3. The first-order chi connectivity index (χ1) is 14.8. The molecule has 1 aromatic carbocycles. The maximum absolute atomic E-state index is 12.1. The Morgan fingerprint density at radius 1 is 1.23 bits per heavy atom. The Balaban J connectivity index is 1.50. The molecule has 8 heteroatoms. The van der Waals surface area contributed by atoms with Crippen molar-refractivity contribution in [2.24, 2.45) is 4.99 Å². The summed E-state index contributed by atoms with van der Waals surface area (Å²) in [6.45, 7) is 14.9. The molecule has 1 amide bonds. The molecule has 0 bridgehead atoms. The van der Waals surface area contributed by atoms with E-state index in [-0.39, 0.29) is 12.1 Å². The standard InChI is InChI=1S/C23H37N5O3/c1-5-24-21(26-20-16-28(17-20)22(29)31-23(2,3)4)25-14-18-7-6-8-19(13-18)15-27-9-11-30-12-10-27/h6-8,13,20H,5,9-12,14-17H2,1-4H3,(H2,24,25,26). The lowest BCUT2D eigenvalue weighted by molar-refractivity contribution is 0.00700. The Hall–Kier alpha value is -2.32. The number of nitrogens with zero attached hydrogens (tertiary/aromatic N) is 3. The number of benzene rings is 1. The Kier molecular flexibility index (Phi) is 8.15. The van der Waals surface area contributed by atoms with Crippen LogP contribution < -0.4 is 10.6 Å². The molecule has 0 unspecified atom stereocenters. The molecule has 2 saturated heterocycles. The summed E-state index contributed by atoms with van der Waals surface area (Å²) in [5, 5.41) is 6.72. The SMILES string of the molecule is CCNC(=NCc1cccc(CN2CCOCC2)c1)NC1CN(C(=O)OC(C)(C)C)C1. The molecule has 3 rings (SSSR count). The van der Waals surface area contributed by atoms with E-state index in [1.807, 2.05) is 27.7 Å². The average molecular weight is 432 g/mol. The lowest BCUT2D eigenvalue weighted by Gasteiger charge is -2.40. The number of aliphatic imine (C=N–C) groups is 1. The molecule has 2 heterocycles. The monoisotopic (exact) mass is 431 g/mol. The third-order valence-corrected chi connectivity index (χ3v) is 5.14. The van der Waals surface area contributed by atoms with Crippen LogP contribution in [0.5, 0.6) is 0 Å². The number of amides is 1. The summed E-state index contributed by atoms with van der Waals surface area (Å²) in [6, 6.07) is 8.80. The van der Waals surface area contributed by atoms with Crippen molar-refractivity contribution in [3.05, 3.63) is 35.4 Å². The normalized spacial score (nSPS) is 18.5. The zero-order valence-electron chi connectivity index (χ0n) is 19.3. The van der Waals surface area contributed by atoms with Crippen LogP contribution in [0.2, 0.25) is 0 Å². The van der Waals surface area contributed by atoms with Crippen molar-refractivity contribution in [1.82, 2.24) is 20.4 Å². The van der Waals surface area contributed by atoms with Crippen LogP contribution in [0.1, 0.15) is 38.8 Å². The van der Waals surface area contributed by atoms with Gasteiger partial charge < -0.3 is 25.0 Å². The molecule has 1 aromatic rings. The number of carbonyl (C=O) groups excluding carboxylic acids is 1. The predicted octanol–water partition coefficient (Wildman–Crippen LogP) is 2.19. The lowest BCUT2D eigenvalue weighted by Crippen LogP contribution is -2.63. The second-order valence-corrected chi connectivity index (χ2v) is 9.13. The van der Waals surface area contributed by atoms with E-state index in [2.05, 4.69) is 39.8 Å². The molecule has 2 aliphatic heterocycles. The molecule has 0 aromatic heterocycles. The summed E-state index contributed by atoms with van der Waals surface area (Å²) >= 11 is 0. The fraction of sp³-hybridized carbons (Fsp3) is 0.652. The first kappa shape index (κ1) is 23.3. The molecule has 0 spiro atoms. The number of morpholine rings is 1. The van der Waals surface area contributed by atoms with Crippen molar-refractivity contribution in [2.75, 3.05) is 45.9 Å². The Morgan fingerprint density at radius 2 is 1.94 bits per heavy atom. The van der Waals surface area contributed by atoms with Gasteiger partial charge in [-0.15, -0.1) is 0 Å². The number of rotatable bonds is 6. The topological polar surface area (TPSA) is 78.4 Å². The van der Waals surface area contributed by atoms with Gasteiger partial charge in [-0.1, -0.05) is 24.3 Å². The van der Waals surface area contributed by atoms with E-state index in [4.69, 9.17) is 14.5 Å². The predicted molar refractivity (Wildman–Crippen MR) is 122 cm³/mol. The van der Waals surface area contributed by atoms with Gasteiger partial charge in [-0.2, -0.15) is 0 Å². The molecule has 31 heavy (non-hydrogen) atoms. The van der Waals surface area contributed by atoms with Gasteiger partial charge in [0.15, 0.2) is 5.96 Å². The second kappa shape index (κ2) is 10.8. The van der Waals surface area contributed by atoms with Crippen LogP contribution in [-0.2, 0) is 22.6 Å². The molecule has 0 aliphatic carbocycles. The van der Waals surface area contributed by atoms with Crippen LogP contribution in [-0.4, -0.2) is 79.4 Å². The van der Waals surface area contributed by atoms with E-state index in [0.717, 1.165) is 45.4 Å². The van der Waals surface area contributed by atoms with E-state index in [0.29, 0.717) is 19.6 Å². The Bertz CT molecular complexity index is 750. The number of guanidine groups is 1. The largest absolute Gasteiger partial charge is 0.444 e. The summed E-state index contributed by atoms with van der Waals surface area (Å²) in [7, 11) is 0. The summed E-state index contributed by atoms with van der Waals surface area (Å²) < 4.78 is 10.8. The average Bonchev–Trinajstić information content (AvgIpc) is 2.68. The quantitative estimate of drug-likeness (QED) is 0.531. The van der Waals surface area contributed by atoms with E-state index < -0.39 is 5.60 Å². The van der Waals surface area contributed by atoms with Crippen LogP contribution >= 0.6 is 0 Å². The van der Waals surface area contributed by atoms with Gasteiger partial charge in [0, 0.05) is 39.3 Å². The molecule has 172 valence electrons. The lowest BCUT2D eigenvalue weighted by atomic mass is 10.1. The minimum atomic E-state index is -0.470. The van der Waals surface area contributed by atoms with Crippen molar-refractivity contribution in [3.8, 4) is 0 Å². The highest BCUT2D eigenvalue weighted by Gasteiger charge is 2.34. The molecule has 2 aliphatic rings. The zero-order valence-corrected chi connectivity index (χ0v) is 19.3. The molecule has 8 nitrogen and oxygen atoms in total. The molecule has 0 saturated carbocycles. The fourth-order valence-electron chi connectivity index (χ4n) is 3.57. The van der Waals surface area contributed by atoms with E-state index in [9.17, 15) is 4.79 Å². The van der Waals surface area contributed by atoms with Crippen molar-refractivity contribution >= 4 is 12.1 Å². The second-order valence-electron chi connectivity index (χ2n) is 9.13. The van der Waals surface area contributed by atoms with Gasteiger partial charge in [0.05, 0.1) is 25.8 Å². The van der Waals surface area contributed by atoms with Gasteiger partial charge in [0.1, 0.15) is 5.60 Å². The van der Waals surface area contributed by atoms with Crippen molar-refractivity contribution in [2.45, 2.75) is 52.4 Å². The van der Waals surface area contributed by atoms with Crippen molar-refractivity contribution < 1.29 is 14.3 Å². The minimum Gasteiger partial charge on any atom is -0.444 e. The number of ether oxygens (including phenoxy) is 2. The molecule has 0 atom stereocenters. The third-order valence-electron chi connectivity index (χ3n) is 5.14. The Morgan fingerprint density at radius 3 is 2.61 bits per heavy atom. The van der Waals surface area contributed by atoms with Gasteiger partial charge >= 0.3 is 6.09 Å². The van der Waals surface area contributed by atoms with Gasteiger partial charge in [-0.3, -0.25) is 4.90 Å². The van der Waals surface area contributed by atoms with Crippen LogP contribution in [0.25, 0.3) is 0 Å². The number of likely N-dealkylation sites (tertiary alicyclic amines) is 1. The van der Waals surface area contributed by atoms with Crippen molar-refractivity contribution in [1.29, 1.82) is 0 Å². The smallest absolute Gasteiger partial charge is 0.410 e. The summed E-state index contributed by atoms with van der Waals surface area (Å²) in [4.78, 5) is 21.0. The van der Waals surface area contributed by atoms with Gasteiger partial charge in [0.25, 0.3) is 0 Å². The highest BCUT2D eigenvalue weighted by atomic mass is 16.6. The van der Waals surface area contributed by atoms with E-state index >= 15 is 0 Å². The number of hydrogen-bond donors (Lipinski definition) is 2. The van der Waals surface area contributed by atoms with Crippen LogP contribution in [0.4, 0.5) is 4.79 Å². The highest BCUT2D eigenvalue weighted by molar-refractivity contribution is 5.80. The van der Waals surface area contributed by atoms with Gasteiger partial charge in [-0.05, 0) is 38.8 Å². The van der Waals surface area contributed by atoms with Crippen LogP contribution in [0, 0.1) is 0 Å². The molecule has 2 fully saturated rings. The maximum Gasteiger partial charge on any atom is 0.410 e. The van der Waals surface area contributed by atoms with E-state index in [1.54, 1.807) is 4.90 Å². The molecule has 0 radical (unpaired) electrons. The molecule has 2 N–H and O–H groups in total. The van der Waals surface area contributed by atoms with Gasteiger partial charge in [-0.25, -0.2) is 9.79 Å². The highest BCUT2D eigenvalue weighted by Crippen LogP contribution is 2.15. The maximum atomic E-state index is 12.1. The first-order valence-corrected chi connectivity index (χ1v) is 11.2. The van der Waals surface area contributed by atoms with Crippen LogP contribution in [0.3, 0.4) is 0 Å². The summed E-state index contributed by atoms with van der Waals surface area (Å²) in [5.41, 5.74) is 2.02. The summed E-state index contributed by atoms with van der Waals surface area (Å²) in [6.07, 6.45) is -0.260. The minimum absolute atomic E-state index is 0.179. The number of hydrogen-bond acceptors (Lipinski definition) is 5. The summed E-state index contributed by atoms with van der Waals surface area (Å²) in [5.74, 6) is 0.773. The number of carbonyl (C=O) groups is 1. The fourth-order valence-corrected chi connectivity index (χ4v) is 3.57. The van der Waals surface area contributed by atoms with Crippen molar-refractivity contribution in [3.63, 3.8) is 0 Å². The molecular weight excluding hydrogens is 394 g/mol. The van der Waals surface area contributed by atoms with E-state index in [1.165, 1.54) is 11.1 Å².